The molecule has 0 amide bonds. The number of nitrogens with one attached hydrogen (secondary N) is 1. The van der Waals surface area contributed by atoms with Gasteiger partial charge in [-0.15, -0.1) is 0 Å². The fourth-order valence-electron chi connectivity index (χ4n) is 2.09. The molecule has 0 atom stereocenters. The average Bonchev–Trinajstić information content (AvgIpc) is 2.93. The van der Waals surface area contributed by atoms with Gasteiger partial charge in [-0.25, -0.2) is 0 Å². The molecule has 0 unspecified atom stereocenters. The van der Waals surface area contributed by atoms with E-state index in [1.807, 2.05) is 6.07 Å². The van der Waals surface area contributed by atoms with Gasteiger partial charge in [0.05, 0.1) is 0 Å². The molecule has 100 valence electrons. The van der Waals surface area contributed by atoms with Crippen molar-refractivity contribution < 1.29 is 0 Å². The molecule has 1 N–H and O–H groups in total. The van der Waals surface area contributed by atoms with Crippen molar-refractivity contribution in [3.05, 3.63) is 66.0 Å². The zero-order chi connectivity index (χ0) is 13.9. The molecule has 0 saturated carbocycles. The van der Waals surface area contributed by atoms with E-state index >= 15 is 0 Å². The summed E-state index contributed by atoms with van der Waals surface area (Å²) in [6.07, 6.45) is 6.34. The van der Waals surface area contributed by atoms with Gasteiger partial charge in [-0.05, 0) is 11.6 Å². The summed E-state index contributed by atoms with van der Waals surface area (Å²) < 4.78 is 0. The highest BCUT2D eigenvalue weighted by Crippen LogP contribution is 2.29. The Hall–Kier alpha value is -1.83. The number of benzene rings is 1. The summed E-state index contributed by atoms with van der Waals surface area (Å²) in [5.41, 5.74) is 2.44. The van der Waals surface area contributed by atoms with Crippen molar-refractivity contribution in [2.45, 2.75) is 38.5 Å². The van der Waals surface area contributed by atoms with E-state index in [1.54, 1.807) is 6.20 Å². The van der Waals surface area contributed by atoms with Crippen LogP contribution in [0.1, 0.15) is 39.0 Å². The van der Waals surface area contributed by atoms with Gasteiger partial charge in [0.25, 0.3) is 0 Å². The van der Waals surface area contributed by atoms with Crippen LogP contribution in [0.3, 0.4) is 0 Å². The van der Waals surface area contributed by atoms with Crippen LogP contribution in [0.4, 0.5) is 0 Å². The van der Waals surface area contributed by atoms with Gasteiger partial charge in [0.2, 0.25) is 0 Å². The highest BCUT2D eigenvalue weighted by molar-refractivity contribution is 5.31. The molecule has 2 nitrogen and oxygen atoms in total. The molecule has 1 heterocycles. The predicted molar refractivity (Wildman–Crippen MR) is 80.2 cm³/mol. The van der Waals surface area contributed by atoms with Crippen LogP contribution in [0.25, 0.3) is 0 Å². The van der Waals surface area contributed by atoms with Crippen molar-refractivity contribution in [3.8, 4) is 0 Å². The second-order valence-electron chi connectivity index (χ2n) is 6.11. The summed E-state index contributed by atoms with van der Waals surface area (Å²) >= 11 is 0. The number of nitrogens with zero attached hydrogens (tertiary/aromatic N) is 1. The first-order chi connectivity index (χ1) is 8.92. The Labute approximate surface area is 115 Å². The Morgan fingerprint density at radius 2 is 1.53 bits per heavy atom. The minimum atomic E-state index is -0.0391. The van der Waals surface area contributed by atoms with E-state index in [0.29, 0.717) is 0 Å². The van der Waals surface area contributed by atoms with Crippen LogP contribution in [-0.4, -0.2) is 10.2 Å². The van der Waals surface area contributed by atoms with Crippen LogP contribution >= 0.6 is 0 Å². The van der Waals surface area contributed by atoms with Crippen LogP contribution in [-0.2, 0) is 10.8 Å². The number of hydrogen-bond acceptors (Lipinski definition) is 1. The summed E-state index contributed by atoms with van der Waals surface area (Å²) in [7, 11) is 0. The van der Waals surface area contributed by atoms with Gasteiger partial charge < -0.3 is 0 Å². The van der Waals surface area contributed by atoms with E-state index in [-0.39, 0.29) is 10.8 Å². The average molecular weight is 254 g/mol. The largest absolute Gasteiger partial charge is 0.282 e. The molecule has 2 aromatic rings. The Kier molecular flexibility index (Phi) is 3.61. The van der Waals surface area contributed by atoms with Gasteiger partial charge in [0.15, 0.2) is 0 Å². The zero-order valence-corrected chi connectivity index (χ0v) is 12.1. The Bertz CT molecular complexity index is 534. The van der Waals surface area contributed by atoms with Gasteiger partial charge in [-0.3, -0.25) is 5.10 Å². The molecule has 0 fully saturated rings. The maximum Gasteiger partial charge on any atom is 0.0490 e. The third kappa shape index (κ3) is 3.14. The number of aromatic amines is 1. The van der Waals surface area contributed by atoms with Gasteiger partial charge in [0.1, 0.15) is 0 Å². The second-order valence-corrected chi connectivity index (χ2v) is 6.11. The first-order valence-electron chi connectivity index (χ1n) is 6.68. The molecule has 0 aliphatic heterocycles. The van der Waals surface area contributed by atoms with E-state index in [4.69, 9.17) is 0 Å². The lowest BCUT2D eigenvalue weighted by Crippen LogP contribution is -2.18. The Morgan fingerprint density at radius 1 is 0.895 bits per heavy atom. The molecule has 1 aromatic carbocycles. The van der Waals surface area contributed by atoms with Crippen molar-refractivity contribution >= 4 is 0 Å². The number of hydrogen-bond donors (Lipinski definition) is 1. The molecule has 0 saturated heterocycles. The van der Waals surface area contributed by atoms with Gasteiger partial charge in [-0.2, -0.15) is 5.10 Å². The fourth-order valence-corrected chi connectivity index (χ4v) is 2.09. The standard InChI is InChI=1S/C17H22N2/c1-16(2,14-8-6-5-7-9-14)11-12-17(3,4)15-10-13-18-19-15/h5-13H,1-4H3,(H,18,19). The van der Waals surface area contributed by atoms with Crippen molar-refractivity contribution in [2.75, 3.05) is 0 Å². The van der Waals surface area contributed by atoms with E-state index in [2.05, 4.69) is 80.4 Å². The molecule has 0 spiro atoms. The normalized spacial score (nSPS) is 13.1. The van der Waals surface area contributed by atoms with Crippen LogP contribution in [0, 0.1) is 0 Å². The molecule has 19 heavy (non-hydrogen) atoms. The molecule has 0 radical (unpaired) electrons. The van der Waals surface area contributed by atoms with E-state index in [9.17, 15) is 0 Å². The predicted octanol–water partition coefficient (Wildman–Crippen LogP) is 4.22. The highest BCUT2D eigenvalue weighted by Gasteiger charge is 2.22. The van der Waals surface area contributed by atoms with Crippen LogP contribution < -0.4 is 0 Å². The van der Waals surface area contributed by atoms with E-state index in [0.717, 1.165) is 5.69 Å². The molecule has 1 aromatic heterocycles. The lowest BCUT2D eigenvalue weighted by atomic mass is 9.80. The summed E-state index contributed by atoms with van der Waals surface area (Å²) in [6, 6.07) is 12.6. The lowest BCUT2D eigenvalue weighted by Gasteiger charge is -2.24. The summed E-state index contributed by atoms with van der Waals surface area (Å²) in [5, 5.41) is 7.08. The number of allylic oxidation sites excluding steroid dienone is 2. The molecule has 0 bridgehead atoms. The highest BCUT2D eigenvalue weighted by atomic mass is 15.1. The lowest BCUT2D eigenvalue weighted by molar-refractivity contribution is 0.610. The Morgan fingerprint density at radius 3 is 2.11 bits per heavy atom. The smallest absolute Gasteiger partial charge is 0.0490 e. The summed E-state index contributed by atoms with van der Waals surface area (Å²) in [4.78, 5) is 0. The molecule has 0 aliphatic carbocycles. The van der Waals surface area contributed by atoms with Gasteiger partial charge in [0, 0.05) is 22.7 Å². The molecular formula is C17H22N2. The molecule has 2 rings (SSSR count). The maximum atomic E-state index is 4.03. The Balaban J connectivity index is 2.23. The van der Waals surface area contributed by atoms with Gasteiger partial charge >= 0.3 is 0 Å². The van der Waals surface area contributed by atoms with Crippen LogP contribution in [0.2, 0.25) is 0 Å². The fraction of sp³-hybridized carbons (Fsp3) is 0.353. The quantitative estimate of drug-likeness (QED) is 0.813. The van der Waals surface area contributed by atoms with Crippen LogP contribution in [0.15, 0.2) is 54.7 Å². The number of rotatable bonds is 4. The number of H-pyrrole nitrogens is 1. The van der Waals surface area contributed by atoms with E-state index < -0.39 is 0 Å². The summed E-state index contributed by atoms with van der Waals surface area (Å²) in [5.74, 6) is 0. The summed E-state index contributed by atoms with van der Waals surface area (Å²) in [6.45, 7) is 8.86. The van der Waals surface area contributed by atoms with Gasteiger partial charge in [-0.1, -0.05) is 70.2 Å². The van der Waals surface area contributed by atoms with Crippen molar-refractivity contribution in [3.63, 3.8) is 0 Å². The van der Waals surface area contributed by atoms with Crippen molar-refractivity contribution in [1.82, 2.24) is 10.2 Å². The first kappa shape index (κ1) is 13.6. The minimum Gasteiger partial charge on any atom is -0.282 e. The maximum absolute atomic E-state index is 4.03. The van der Waals surface area contributed by atoms with Crippen LogP contribution in [0.5, 0.6) is 0 Å². The molecular weight excluding hydrogens is 232 g/mol. The van der Waals surface area contributed by atoms with Crippen molar-refractivity contribution in [1.29, 1.82) is 0 Å². The van der Waals surface area contributed by atoms with E-state index in [1.165, 1.54) is 5.56 Å². The first-order valence-corrected chi connectivity index (χ1v) is 6.68. The van der Waals surface area contributed by atoms with Crippen molar-refractivity contribution in [2.24, 2.45) is 0 Å². The monoisotopic (exact) mass is 254 g/mol. The molecule has 2 heteroatoms. The second kappa shape index (κ2) is 5.04. The topological polar surface area (TPSA) is 28.7 Å². The third-order valence-electron chi connectivity index (χ3n) is 3.63. The zero-order valence-electron chi connectivity index (χ0n) is 12.1. The minimum absolute atomic E-state index is 0.0263. The molecule has 0 aliphatic rings. The SMILES string of the molecule is CC(C)(C=CC(C)(C)c1ccn[nH]1)c1ccccc1. The number of aromatic nitrogens is 2. The third-order valence-corrected chi connectivity index (χ3v) is 3.63.